The van der Waals surface area contributed by atoms with Crippen molar-refractivity contribution < 1.29 is 19.4 Å². The van der Waals surface area contributed by atoms with Gasteiger partial charge in [0.05, 0.1) is 13.5 Å². The van der Waals surface area contributed by atoms with Crippen LogP contribution in [0.2, 0.25) is 0 Å². The molecule has 0 amide bonds. The van der Waals surface area contributed by atoms with E-state index in [4.69, 9.17) is 21.0 Å². The second-order valence-electron chi connectivity index (χ2n) is 3.05. The first-order chi connectivity index (χ1) is 7.67. The van der Waals surface area contributed by atoms with Crippen LogP contribution in [0.3, 0.4) is 0 Å². The molecule has 1 aromatic rings. The van der Waals surface area contributed by atoms with Crippen LogP contribution in [-0.2, 0) is 11.2 Å². The molecule has 0 radical (unpaired) electrons. The van der Waals surface area contributed by atoms with Gasteiger partial charge in [-0.3, -0.25) is 4.79 Å². The highest BCUT2D eigenvalue weighted by molar-refractivity contribution is 5.70. The zero-order valence-corrected chi connectivity index (χ0v) is 8.90. The van der Waals surface area contributed by atoms with Gasteiger partial charge in [-0.15, -0.1) is 6.42 Å². The van der Waals surface area contributed by atoms with Crippen molar-refractivity contribution in [1.82, 2.24) is 0 Å². The minimum atomic E-state index is -0.889. The molecule has 0 unspecified atom stereocenters. The van der Waals surface area contributed by atoms with Gasteiger partial charge in [0.2, 0.25) is 0 Å². The molecule has 0 heterocycles. The molecule has 4 nitrogen and oxygen atoms in total. The fourth-order valence-electron chi connectivity index (χ4n) is 1.24. The third-order valence-electron chi connectivity index (χ3n) is 1.89. The predicted octanol–water partition coefficient (Wildman–Crippen LogP) is 1.33. The van der Waals surface area contributed by atoms with Gasteiger partial charge in [-0.25, -0.2) is 0 Å². The highest BCUT2D eigenvalue weighted by Gasteiger charge is 2.07. The van der Waals surface area contributed by atoms with Gasteiger partial charge in [0.25, 0.3) is 0 Å². The van der Waals surface area contributed by atoms with Crippen molar-refractivity contribution in [2.45, 2.75) is 6.42 Å². The first kappa shape index (κ1) is 11.9. The van der Waals surface area contributed by atoms with Crippen LogP contribution in [0, 0.1) is 12.3 Å². The molecule has 0 bridgehead atoms. The molecular weight excluding hydrogens is 208 g/mol. The highest BCUT2D eigenvalue weighted by Crippen LogP contribution is 2.28. The number of benzene rings is 1. The second-order valence-corrected chi connectivity index (χ2v) is 3.05. The summed E-state index contributed by atoms with van der Waals surface area (Å²) in [5.41, 5.74) is 0.650. The smallest absolute Gasteiger partial charge is 0.307 e. The first-order valence-corrected chi connectivity index (χ1v) is 4.62. The second kappa shape index (κ2) is 5.66. The van der Waals surface area contributed by atoms with Crippen LogP contribution in [0.15, 0.2) is 18.2 Å². The van der Waals surface area contributed by atoms with Gasteiger partial charge in [0, 0.05) is 0 Å². The molecule has 0 spiro atoms. The number of carboxylic acid groups (broad SMARTS) is 1. The molecule has 0 atom stereocenters. The highest BCUT2D eigenvalue weighted by atomic mass is 16.5. The van der Waals surface area contributed by atoms with E-state index in [1.54, 1.807) is 18.2 Å². The van der Waals surface area contributed by atoms with Crippen molar-refractivity contribution >= 4 is 5.97 Å². The summed E-state index contributed by atoms with van der Waals surface area (Å²) in [6, 6.07) is 4.94. The maximum Gasteiger partial charge on any atom is 0.307 e. The van der Waals surface area contributed by atoms with Crippen molar-refractivity contribution in [2.75, 3.05) is 13.7 Å². The fraction of sp³-hybridized carbons (Fsp3) is 0.250. The Bertz CT molecular complexity index is 418. The van der Waals surface area contributed by atoms with E-state index in [2.05, 4.69) is 5.92 Å². The van der Waals surface area contributed by atoms with Crippen LogP contribution in [0.25, 0.3) is 0 Å². The zero-order valence-electron chi connectivity index (χ0n) is 8.90. The SMILES string of the molecule is C#CCOc1ccc(CC(=O)O)cc1OC. The Hall–Kier alpha value is -2.15. The van der Waals surface area contributed by atoms with E-state index in [0.29, 0.717) is 17.1 Å². The molecular formula is C12H12O4. The van der Waals surface area contributed by atoms with E-state index in [1.165, 1.54) is 7.11 Å². The van der Waals surface area contributed by atoms with Gasteiger partial charge in [0.15, 0.2) is 11.5 Å². The Morgan fingerprint density at radius 2 is 2.25 bits per heavy atom. The molecule has 0 fully saturated rings. The van der Waals surface area contributed by atoms with Crippen LogP contribution < -0.4 is 9.47 Å². The Balaban J connectivity index is 2.88. The molecule has 1 rings (SSSR count). The van der Waals surface area contributed by atoms with Crippen molar-refractivity contribution in [3.05, 3.63) is 23.8 Å². The van der Waals surface area contributed by atoms with Crippen LogP contribution in [-0.4, -0.2) is 24.8 Å². The number of carbonyl (C=O) groups is 1. The van der Waals surface area contributed by atoms with Crippen molar-refractivity contribution in [3.8, 4) is 23.8 Å². The molecule has 4 heteroatoms. The summed E-state index contributed by atoms with van der Waals surface area (Å²) in [5, 5.41) is 8.64. The molecule has 16 heavy (non-hydrogen) atoms. The van der Waals surface area contributed by atoms with Gasteiger partial charge < -0.3 is 14.6 Å². The lowest BCUT2D eigenvalue weighted by Crippen LogP contribution is -2.02. The van der Waals surface area contributed by atoms with Crippen LogP contribution in [0.1, 0.15) is 5.56 Å². The van der Waals surface area contributed by atoms with E-state index in [1.807, 2.05) is 0 Å². The summed E-state index contributed by atoms with van der Waals surface area (Å²) in [5.74, 6) is 2.44. The number of ether oxygens (including phenoxy) is 2. The minimum Gasteiger partial charge on any atom is -0.493 e. The first-order valence-electron chi connectivity index (χ1n) is 4.62. The van der Waals surface area contributed by atoms with E-state index in [-0.39, 0.29) is 13.0 Å². The number of carboxylic acids is 1. The van der Waals surface area contributed by atoms with Gasteiger partial charge >= 0.3 is 5.97 Å². The number of hydrogen-bond acceptors (Lipinski definition) is 3. The van der Waals surface area contributed by atoms with Gasteiger partial charge in [-0.05, 0) is 17.7 Å². The average molecular weight is 220 g/mol. The molecule has 0 aromatic heterocycles. The predicted molar refractivity (Wildman–Crippen MR) is 58.7 cm³/mol. The van der Waals surface area contributed by atoms with Crippen LogP contribution in [0.4, 0.5) is 0 Å². The van der Waals surface area contributed by atoms with Crippen molar-refractivity contribution in [2.24, 2.45) is 0 Å². The maximum absolute atomic E-state index is 10.5. The van der Waals surface area contributed by atoms with Gasteiger partial charge in [-0.1, -0.05) is 12.0 Å². The summed E-state index contributed by atoms with van der Waals surface area (Å²) >= 11 is 0. The maximum atomic E-state index is 10.5. The monoisotopic (exact) mass is 220 g/mol. The number of rotatable bonds is 5. The lowest BCUT2D eigenvalue weighted by atomic mass is 10.1. The fourth-order valence-corrected chi connectivity index (χ4v) is 1.24. The minimum absolute atomic E-state index is 0.0498. The van der Waals surface area contributed by atoms with E-state index in [0.717, 1.165) is 0 Å². The normalized spacial score (nSPS) is 9.25. The average Bonchev–Trinajstić information content (AvgIpc) is 2.26. The number of aliphatic carboxylic acids is 1. The van der Waals surface area contributed by atoms with Gasteiger partial charge in [-0.2, -0.15) is 0 Å². The van der Waals surface area contributed by atoms with E-state index in [9.17, 15) is 4.79 Å². The molecule has 0 aliphatic carbocycles. The Morgan fingerprint density at radius 3 is 2.81 bits per heavy atom. The zero-order chi connectivity index (χ0) is 12.0. The number of methoxy groups -OCH3 is 1. The standard InChI is InChI=1S/C12H12O4/c1-3-6-16-10-5-4-9(8-12(13)14)7-11(10)15-2/h1,4-5,7H,6,8H2,2H3,(H,13,14). The molecule has 1 N–H and O–H groups in total. The number of hydrogen-bond donors (Lipinski definition) is 1. The number of terminal acetylenes is 1. The van der Waals surface area contributed by atoms with Gasteiger partial charge in [0.1, 0.15) is 6.61 Å². The Labute approximate surface area is 93.8 Å². The summed E-state index contributed by atoms with van der Waals surface area (Å²) in [4.78, 5) is 10.5. The van der Waals surface area contributed by atoms with E-state index >= 15 is 0 Å². The van der Waals surface area contributed by atoms with Crippen molar-refractivity contribution in [3.63, 3.8) is 0 Å². The summed E-state index contributed by atoms with van der Waals surface area (Å²) < 4.78 is 10.3. The summed E-state index contributed by atoms with van der Waals surface area (Å²) in [7, 11) is 1.49. The van der Waals surface area contributed by atoms with Crippen LogP contribution >= 0.6 is 0 Å². The quantitative estimate of drug-likeness (QED) is 0.761. The Morgan fingerprint density at radius 1 is 1.50 bits per heavy atom. The summed E-state index contributed by atoms with van der Waals surface area (Å²) in [6.07, 6.45) is 5.02. The topological polar surface area (TPSA) is 55.8 Å². The molecule has 0 saturated carbocycles. The van der Waals surface area contributed by atoms with Crippen LogP contribution in [0.5, 0.6) is 11.5 Å². The largest absolute Gasteiger partial charge is 0.493 e. The molecule has 0 aliphatic rings. The third-order valence-corrected chi connectivity index (χ3v) is 1.89. The summed E-state index contributed by atoms with van der Waals surface area (Å²) in [6.45, 7) is 0.147. The molecule has 1 aromatic carbocycles. The lowest BCUT2D eigenvalue weighted by molar-refractivity contribution is -0.136. The molecule has 0 aliphatic heterocycles. The molecule has 0 saturated heterocycles. The van der Waals surface area contributed by atoms with E-state index < -0.39 is 5.97 Å². The molecule has 84 valence electrons. The van der Waals surface area contributed by atoms with Crippen molar-refractivity contribution in [1.29, 1.82) is 0 Å². The third kappa shape index (κ3) is 3.21. The lowest BCUT2D eigenvalue weighted by Gasteiger charge is -2.09. The Kier molecular flexibility index (Phi) is 4.22.